The van der Waals surface area contributed by atoms with E-state index in [0.29, 0.717) is 16.5 Å². The number of hydrogen-bond acceptors (Lipinski definition) is 5. The second-order valence-corrected chi connectivity index (χ2v) is 7.92. The molecule has 2 aromatic carbocycles. The number of ether oxygens (including phenoxy) is 1. The molecule has 1 unspecified atom stereocenters. The van der Waals surface area contributed by atoms with Gasteiger partial charge in [-0.3, -0.25) is 4.79 Å². The highest BCUT2D eigenvalue weighted by Gasteiger charge is 2.21. The molecule has 134 valence electrons. The predicted octanol–water partition coefficient (Wildman–Crippen LogP) is 4.62. The Morgan fingerprint density at radius 1 is 1.15 bits per heavy atom. The lowest BCUT2D eigenvalue weighted by molar-refractivity contribution is 0.0994. The fourth-order valence-corrected chi connectivity index (χ4v) is 3.70. The maximum absolute atomic E-state index is 12.6. The number of rotatable bonds is 6. The van der Waals surface area contributed by atoms with Crippen molar-refractivity contribution in [2.24, 2.45) is 7.05 Å². The van der Waals surface area contributed by atoms with E-state index in [9.17, 15) is 4.79 Å². The van der Waals surface area contributed by atoms with Crippen LogP contribution in [0, 0.1) is 0 Å². The first-order chi connectivity index (χ1) is 12.5. The first-order valence-corrected chi connectivity index (χ1v) is 9.67. The molecule has 0 saturated carbocycles. The molecule has 0 aliphatic heterocycles. The summed E-state index contributed by atoms with van der Waals surface area (Å²) in [4.78, 5) is 12.6. The van der Waals surface area contributed by atoms with Gasteiger partial charge in [-0.15, -0.1) is 10.2 Å². The van der Waals surface area contributed by atoms with Crippen LogP contribution in [-0.2, 0) is 7.05 Å². The van der Waals surface area contributed by atoms with Crippen LogP contribution in [0.3, 0.4) is 0 Å². The van der Waals surface area contributed by atoms with E-state index in [1.165, 1.54) is 11.8 Å². The Balaban J connectivity index is 1.82. The van der Waals surface area contributed by atoms with E-state index in [0.717, 1.165) is 15.8 Å². The van der Waals surface area contributed by atoms with E-state index in [2.05, 4.69) is 26.1 Å². The monoisotopic (exact) mass is 431 g/mol. The van der Waals surface area contributed by atoms with Crippen LogP contribution in [0.4, 0.5) is 0 Å². The summed E-state index contributed by atoms with van der Waals surface area (Å²) < 4.78 is 8.24. The fraction of sp³-hybridized carbons (Fsp3) is 0.211. The van der Waals surface area contributed by atoms with Crippen molar-refractivity contribution >= 4 is 33.5 Å². The van der Waals surface area contributed by atoms with Crippen LogP contribution < -0.4 is 4.74 Å². The van der Waals surface area contributed by atoms with Gasteiger partial charge in [0.1, 0.15) is 5.75 Å². The number of carbonyl (C=O) groups excluding carboxylic acids is 1. The summed E-state index contributed by atoms with van der Waals surface area (Å²) in [5.74, 6) is 1.50. The van der Waals surface area contributed by atoms with Gasteiger partial charge in [0.05, 0.1) is 17.9 Å². The van der Waals surface area contributed by atoms with Gasteiger partial charge in [-0.1, -0.05) is 52.0 Å². The molecule has 0 spiro atoms. The van der Waals surface area contributed by atoms with Crippen molar-refractivity contribution in [3.63, 3.8) is 0 Å². The Morgan fingerprint density at radius 2 is 1.85 bits per heavy atom. The molecule has 26 heavy (non-hydrogen) atoms. The molecule has 1 atom stereocenters. The van der Waals surface area contributed by atoms with E-state index < -0.39 is 0 Å². The molecule has 0 aliphatic carbocycles. The van der Waals surface area contributed by atoms with E-state index in [4.69, 9.17) is 4.74 Å². The Labute approximate surface area is 164 Å². The normalized spacial score (nSPS) is 12.0. The highest BCUT2D eigenvalue weighted by Crippen LogP contribution is 2.31. The molecule has 7 heteroatoms. The zero-order valence-electron chi connectivity index (χ0n) is 14.6. The van der Waals surface area contributed by atoms with Gasteiger partial charge in [-0.2, -0.15) is 0 Å². The number of ketones is 1. The molecule has 0 amide bonds. The average Bonchev–Trinajstić information content (AvgIpc) is 3.02. The molecule has 3 rings (SSSR count). The van der Waals surface area contributed by atoms with Gasteiger partial charge in [-0.25, -0.2) is 0 Å². The van der Waals surface area contributed by atoms with Gasteiger partial charge in [0.15, 0.2) is 16.8 Å². The quantitative estimate of drug-likeness (QED) is 0.421. The first kappa shape index (κ1) is 18.7. The summed E-state index contributed by atoms with van der Waals surface area (Å²) >= 11 is 4.78. The van der Waals surface area contributed by atoms with E-state index >= 15 is 0 Å². The maximum atomic E-state index is 12.6. The van der Waals surface area contributed by atoms with Crippen molar-refractivity contribution in [3.05, 3.63) is 58.6 Å². The fourth-order valence-electron chi connectivity index (χ4n) is 2.54. The van der Waals surface area contributed by atoms with E-state index in [1.54, 1.807) is 7.11 Å². The van der Waals surface area contributed by atoms with Crippen molar-refractivity contribution in [1.82, 2.24) is 14.8 Å². The van der Waals surface area contributed by atoms with Crippen LogP contribution in [0.15, 0.2) is 58.2 Å². The SMILES string of the molecule is COc1ccccc1-c1nnc(SC(C)C(=O)c2ccc(Br)cc2)n1C. The predicted molar refractivity (Wildman–Crippen MR) is 107 cm³/mol. The number of thioether (sulfide) groups is 1. The highest BCUT2D eigenvalue weighted by molar-refractivity contribution is 9.10. The van der Waals surface area contributed by atoms with Crippen molar-refractivity contribution < 1.29 is 9.53 Å². The van der Waals surface area contributed by atoms with E-state index in [-0.39, 0.29) is 11.0 Å². The van der Waals surface area contributed by atoms with Crippen LogP contribution in [0.25, 0.3) is 11.4 Å². The minimum atomic E-state index is -0.274. The molecule has 3 aromatic rings. The zero-order chi connectivity index (χ0) is 18.7. The molecular weight excluding hydrogens is 414 g/mol. The first-order valence-electron chi connectivity index (χ1n) is 8.00. The molecule has 0 fully saturated rings. The number of benzene rings is 2. The summed E-state index contributed by atoms with van der Waals surface area (Å²) in [5.41, 5.74) is 1.55. The number of nitrogens with zero attached hydrogens (tertiary/aromatic N) is 3. The maximum Gasteiger partial charge on any atom is 0.191 e. The number of hydrogen-bond donors (Lipinski definition) is 0. The van der Waals surface area contributed by atoms with E-state index in [1.807, 2.05) is 67.1 Å². The molecule has 0 N–H and O–H groups in total. The molecule has 1 aromatic heterocycles. The lowest BCUT2D eigenvalue weighted by Crippen LogP contribution is -2.14. The Bertz CT molecular complexity index is 925. The van der Waals surface area contributed by atoms with Gasteiger partial charge >= 0.3 is 0 Å². The molecule has 0 radical (unpaired) electrons. The van der Waals surface area contributed by atoms with Crippen molar-refractivity contribution in [2.75, 3.05) is 7.11 Å². The van der Waals surface area contributed by atoms with Crippen molar-refractivity contribution in [2.45, 2.75) is 17.3 Å². The lowest BCUT2D eigenvalue weighted by atomic mass is 10.1. The molecule has 0 aliphatic rings. The third-order valence-electron chi connectivity index (χ3n) is 3.96. The molecular formula is C19H18BrN3O2S. The average molecular weight is 432 g/mol. The van der Waals surface area contributed by atoms with Crippen LogP contribution in [0.5, 0.6) is 5.75 Å². The highest BCUT2D eigenvalue weighted by atomic mass is 79.9. The number of halogens is 1. The minimum absolute atomic E-state index is 0.0596. The van der Waals surface area contributed by atoms with Gasteiger partial charge in [0.2, 0.25) is 0 Å². The second-order valence-electron chi connectivity index (χ2n) is 5.70. The summed E-state index contributed by atoms with van der Waals surface area (Å²) in [6, 6.07) is 15.0. The van der Waals surface area contributed by atoms with Crippen LogP contribution >= 0.6 is 27.7 Å². The lowest BCUT2D eigenvalue weighted by Gasteiger charge is -2.11. The topological polar surface area (TPSA) is 57.0 Å². The van der Waals surface area contributed by atoms with Crippen molar-refractivity contribution in [3.8, 4) is 17.1 Å². The summed E-state index contributed by atoms with van der Waals surface area (Å²) in [5, 5.41) is 8.95. The Morgan fingerprint density at radius 3 is 2.54 bits per heavy atom. The zero-order valence-corrected chi connectivity index (χ0v) is 17.0. The molecule has 5 nitrogen and oxygen atoms in total. The van der Waals surface area contributed by atoms with Gasteiger partial charge in [0.25, 0.3) is 0 Å². The number of aromatic nitrogens is 3. The molecule has 0 bridgehead atoms. The van der Waals surface area contributed by atoms with Gasteiger partial charge in [0, 0.05) is 17.1 Å². The van der Waals surface area contributed by atoms with Crippen LogP contribution in [-0.4, -0.2) is 32.9 Å². The third-order valence-corrected chi connectivity index (χ3v) is 5.63. The van der Waals surface area contributed by atoms with Gasteiger partial charge < -0.3 is 9.30 Å². The Kier molecular flexibility index (Phi) is 5.78. The number of carbonyl (C=O) groups is 1. The summed E-state index contributed by atoms with van der Waals surface area (Å²) in [6.07, 6.45) is 0. The smallest absolute Gasteiger partial charge is 0.191 e. The third kappa shape index (κ3) is 3.83. The minimum Gasteiger partial charge on any atom is -0.496 e. The Hall–Kier alpha value is -2.12. The van der Waals surface area contributed by atoms with Gasteiger partial charge in [-0.05, 0) is 31.2 Å². The summed E-state index contributed by atoms with van der Waals surface area (Å²) in [7, 11) is 3.52. The largest absolute Gasteiger partial charge is 0.496 e. The summed E-state index contributed by atoms with van der Waals surface area (Å²) in [6.45, 7) is 1.88. The molecule has 0 saturated heterocycles. The molecule has 1 heterocycles. The van der Waals surface area contributed by atoms with Crippen molar-refractivity contribution in [1.29, 1.82) is 0 Å². The van der Waals surface area contributed by atoms with Crippen LogP contribution in [0.2, 0.25) is 0 Å². The number of Topliss-reactive ketones (excluding diaryl/α,β-unsaturated/α-hetero) is 1. The number of para-hydroxylation sites is 1. The van der Waals surface area contributed by atoms with Crippen LogP contribution in [0.1, 0.15) is 17.3 Å². The standard InChI is InChI=1S/C19H18BrN3O2S/c1-12(17(24)13-8-10-14(20)11-9-13)26-19-22-21-18(23(19)2)15-6-4-5-7-16(15)25-3/h4-12H,1-3H3. The second kappa shape index (κ2) is 8.05. The number of methoxy groups -OCH3 is 1.